The summed E-state index contributed by atoms with van der Waals surface area (Å²) >= 11 is 12.5. The topological polar surface area (TPSA) is 137 Å². The van der Waals surface area contributed by atoms with Crippen molar-refractivity contribution in [3.05, 3.63) is 141 Å². The second-order valence-corrected chi connectivity index (χ2v) is 12.3. The summed E-state index contributed by atoms with van der Waals surface area (Å²) in [4.78, 5) is 40.3. The number of amides is 3. The minimum atomic E-state index is -1.13. The van der Waals surface area contributed by atoms with Crippen LogP contribution in [0.25, 0.3) is 0 Å². The third-order valence-electron chi connectivity index (χ3n) is 7.74. The lowest BCUT2D eigenvalue weighted by Crippen LogP contribution is -2.55. The number of carbonyl (C=O) groups excluding carboxylic acids is 3. The normalized spacial score (nSPS) is 12.6. The van der Waals surface area contributed by atoms with Crippen molar-refractivity contribution in [3.8, 4) is 6.07 Å². The number of halogens is 3. The molecule has 48 heavy (non-hydrogen) atoms. The van der Waals surface area contributed by atoms with Gasteiger partial charge in [0.1, 0.15) is 11.9 Å². The van der Waals surface area contributed by atoms with Gasteiger partial charge in [-0.1, -0.05) is 89.9 Å². The Kier molecular flexibility index (Phi) is 13.5. The van der Waals surface area contributed by atoms with E-state index in [1.54, 1.807) is 48.5 Å². The first-order chi connectivity index (χ1) is 23.1. The second kappa shape index (κ2) is 18.0. The molecule has 11 heteroatoms. The SMILES string of the molecule is N#Cc1ccccc1C[C@@H](N)C(=O)N[C@H](Cc1ccc(Cl)cc1Cl)C(=O)N[C@H](CC(=O)NCCc1ccccc1)Cc1ccc(F)cc1. The molecule has 3 amide bonds. The molecule has 0 saturated carbocycles. The summed E-state index contributed by atoms with van der Waals surface area (Å²) in [6.07, 6.45) is 0.871. The maximum atomic E-state index is 13.9. The van der Waals surface area contributed by atoms with E-state index in [1.807, 2.05) is 30.3 Å². The van der Waals surface area contributed by atoms with Crippen molar-refractivity contribution >= 4 is 40.9 Å². The fourth-order valence-corrected chi connectivity index (χ4v) is 5.69. The van der Waals surface area contributed by atoms with Crippen molar-refractivity contribution in [1.82, 2.24) is 16.0 Å². The molecule has 0 saturated heterocycles. The molecule has 0 aliphatic rings. The van der Waals surface area contributed by atoms with E-state index in [1.165, 1.54) is 18.2 Å². The van der Waals surface area contributed by atoms with E-state index in [9.17, 15) is 24.0 Å². The Morgan fingerprint density at radius 3 is 2.21 bits per heavy atom. The van der Waals surface area contributed by atoms with Crippen molar-refractivity contribution in [2.24, 2.45) is 5.73 Å². The molecule has 4 aromatic carbocycles. The third-order valence-corrected chi connectivity index (χ3v) is 8.33. The molecule has 0 spiro atoms. The summed E-state index contributed by atoms with van der Waals surface area (Å²) in [5.41, 5.74) is 9.58. The number of hydrogen-bond acceptors (Lipinski definition) is 5. The van der Waals surface area contributed by atoms with E-state index in [2.05, 4.69) is 22.0 Å². The summed E-state index contributed by atoms with van der Waals surface area (Å²) in [6.45, 7) is 0.403. The molecule has 0 fully saturated rings. The number of nitrogens with zero attached hydrogens (tertiary/aromatic N) is 1. The molecule has 3 atom stereocenters. The molecule has 4 rings (SSSR count). The smallest absolute Gasteiger partial charge is 0.243 e. The van der Waals surface area contributed by atoms with Gasteiger partial charge < -0.3 is 21.7 Å². The van der Waals surface area contributed by atoms with Crippen molar-refractivity contribution in [2.75, 3.05) is 6.54 Å². The molecule has 0 aliphatic carbocycles. The van der Waals surface area contributed by atoms with Crippen LogP contribution < -0.4 is 21.7 Å². The van der Waals surface area contributed by atoms with E-state index >= 15 is 0 Å². The molecule has 0 radical (unpaired) electrons. The summed E-state index contributed by atoms with van der Waals surface area (Å²) in [6, 6.07) is 26.4. The predicted molar refractivity (Wildman–Crippen MR) is 185 cm³/mol. The lowest BCUT2D eigenvalue weighted by atomic mass is 9.99. The zero-order valence-electron chi connectivity index (χ0n) is 26.1. The standard InChI is InChI=1S/C37H36Cl2FN5O3/c38-29-13-12-27(32(39)21-29)20-34(45-36(47)33(42)19-26-8-4-5-9-28(26)23-41)37(48)44-31(18-25-10-14-30(40)15-11-25)22-35(46)43-17-16-24-6-2-1-3-7-24/h1-15,21,31,33-34H,16-20,22,42H2,(H,43,46)(H,44,48)(H,45,47)/t31-,33+,34+/m0/s1. The van der Waals surface area contributed by atoms with Gasteiger partial charge in [0.2, 0.25) is 17.7 Å². The van der Waals surface area contributed by atoms with Gasteiger partial charge in [-0.05, 0) is 71.8 Å². The monoisotopic (exact) mass is 687 g/mol. The number of nitrogens with two attached hydrogens (primary N) is 1. The number of benzene rings is 4. The molecule has 0 bridgehead atoms. The Morgan fingerprint density at radius 1 is 0.792 bits per heavy atom. The van der Waals surface area contributed by atoms with Crippen molar-refractivity contribution < 1.29 is 18.8 Å². The molecule has 4 aromatic rings. The Labute approximate surface area is 289 Å². The highest BCUT2D eigenvalue weighted by Crippen LogP contribution is 2.22. The number of nitrogens with one attached hydrogen (secondary N) is 3. The van der Waals surface area contributed by atoms with Gasteiger partial charge in [-0.2, -0.15) is 5.26 Å². The molecule has 8 nitrogen and oxygen atoms in total. The highest BCUT2D eigenvalue weighted by Gasteiger charge is 2.28. The molecule has 0 unspecified atom stereocenters. The van der Waals surface area contributed by atoms with Crippen molar-refractivity contribution in [3.63, 3.8) is 0 Å². The summed E-state index contributed by atoms with van der Waals surface area (Å²) in [7, 11) is 0. The number of rotatable bonds is 15. The van der Waals surface area contributed by atoms with Crippen molar-refractivity contribution in [1.29, 1.82) is 5.26 Å². The van der Waals surface area contributed by atoms with Crippen LogP contribution in [-0.4, -0.2) is 42.4 Å². The van der Waals surface area contributed by atoms with E-state index in [0.717, 1.165) is 5.56 Å². The molecule has 0 aromatic heterocycles. The Bertz CT molecular complexity index is 1750. The minimum absolute atomic E-state index is 0.00161. The highest BCUT2D eigenvalue weighted by molar-refractivity contribution is 6.35. The number of hydrogen-bond donors (Lipinski definition) is 4. The summed E-state index contributed by atoms with van der Waals surface area (Å²) in [5, 5.41) is 18.7. The first kappa shape index (κ1) is 36.1. The van der Waals surface area contributed by atoms with Crippen LogP contribution in [0.3, 0.4) is 0 Å². The maximum absolute atomic E-state index is 13.9. The summed E-state index contributed by atoms with van der Waals surface area (Å²) in [5.74, 6) is -1.86. The van der Waals surface area contributed by atoms with Crippen LogP contribution in [0.5, 0.6) is 0 Å². The van der Waals surface area contributed by atoms with Gasteiger partial charge in [-0.25, -0.2) is 4.39 Å². The Morgan fingerprint density at radius 2 is 1.50 bits per heavy atom. The quantitative estimate of drug-likeness (QED) is 0.138. The molecular formula is C37H36Cl2FN5O3. The minimum Gasteiger partial charge on any atom is -0.356 e. The van der Waals surface area contributed by atoms with Gasteiger partial charge in [0.15, 0.2) is 0 Å². The lowest BCUT2D eigenvalue weighted by Gasteiger charge is -2.25. The predicted octanol–water partition coefficient (Wildman–Crippen LogP) is 5.08. The molecular weight excluding hydrogens is 652 g/mol. The Balaban J connectivity index is 1.51. The van der Waals surface area contributed by atoms with Gasteiger partial charge in [0, 0.05) is 35.5 Å². The van der Waals surface area contributed by atoms with Crippen LogP contribution >= 0.6 is 23.2 Å². The molecule has 5 N–H and O–H groups in total. The first-order valence-electron chi connectivity index (χ1n) is 15.4. The van der Waals surface area contributed by atoms with Crippen molar-refractivity contribution in [2.45, 2.75) is 50.2 Å². The largest absolute Gasteiger partial charge is 0.356 e. The zero-order valence-corrected chi connectivity index (χ0v) is 27.6. The molecule has 0 heterocycles. The van der Waals surface area contributed by atoms with Gasteiger partial charge in [0.05, 0.1) is 17.7 Å². The second-order valence-electron chi connectivity index (χ2n) is 11.4. The van der Waals surface area contributed by atoms with Crippen LogP contribution in [0.2, 0.25) is 10.0 Å². The van der Waals surface area contributed by atoms with Crippen LogP contribution in [-0.2, 0) is 40.1 Å². The van der Waals surface area contributed by atoms with Gasteiger partial charge in [-0.15, -0.1) is 0 Å². The molecule has 0 aliphatic heterocycles. The maximum Gasteiger partial charge on any atom is 0.243 e. The van der Waals surface area contributed by atoms with Gasteiger partial charge in [0.25, 0.3) is 0 Å². The lowest BCUT2D eigenvalue weighted by molar-refractivity contribution is -0.130. The fraction of sp³-hybridized carbons (Fsp3) is 0.243. The average Bonchev–Trinajstić information content (AvgIpc) is 3.07. The van der Waals surface area contributed by atoms with E-state index in [-0.39, 0.29) is 31.6 Å². The van der Waals surface area contributed by atoms with Crippen LogP contribution in [0, 0.1) is 17.1 Å². The average molecular weight is 689 g/mol. The number of carbonyl (C=O) groups is 3. The van der Waals surface area contributed by atoms with Crippen LogP contribution in [0.1, 0.15) is 34.2 Å². The summed E-state index contributed by atoms with van der Waals surface area (Å²) < 4.78 is 13.6. The zero-order chi connectivity index (χ0) is 34.5. The molecule has 248 valence electrons. The van der Waals surface area contributed by atoms with Crippen LogP contribution in [0.15, 0.2) is 97.1 Å². The fourth-order valence-electron chi connectivity index (χ4n) is 5.20. The number of nitriles is 1. The Hall–Kier alpha value is -4.75. The van der Waals surface area contributed by atoms with E-state index in [4.69, 9.17) is 28.9 Å². The van der Waals surface area contributed by atoms with Gasteiger partial charge >= 0.3 is 0 Å². The van der Waals surface area contributed by atoms with E-state index < -0.39 is 35.8 Å². The van der Waals surface area contributed by atoms with E-state index in [0.29, 0.717) is 45.3 Å². The highest BCUT2D eigenvalue weighted by atomic mass is 35.5. The van der Waals surface area contributed by atoms with Gasteiger partial charge in [-0.3, -0.25) is 14.4 Å². The van der Waals surface area contributed by atoms with Crippen LogP contribution in [0.4, 0.5) is 4.39 Å². The first-order valence-corrected chi connectivity index (χ1v) is 16.2. The third kappa shape index (κ3) is 11.2.